The van der Waals surface area contributed by atoms with Gasteiger partial charge in [-0.05, 0) is 20.8 Å². The van der Waals surface area contributed by atoms with E-state index < -0.39 is 0 Å². The number of rotatable bonds is 1. The van der Waals surface area contributed by atoms with E-state index in [1.165, 1.54) is 0 Å². The third kappa shape index (κ3) is 3.70. The van der Waals surface area contributed by atoms with Crippen LogP contribution >= 0.6 is 0 Å². The van der Waals surface area contributed by atoms with Gasteiger partial charge in [0.05, 0.1) is 0 Å². The summed E-state index contributed by atoms with van der Waals surface area (Å²) < 4.78 is 0. The van der Waals surface area contributed by atoms with Crippen LogP contribution in [-0.2, 0) is 0 Å². The Kier molecular flexibility index (Phi) is 2.87. The Hall–Kier alpha value is -0.120. The number of nitrogens with one attached hydrogen (secondary N) is 2. The van der Waals surface area contributed by atoms with Crippen LogP contribution in [0.3, 0.4) is 0 Å². The molecule has 0 saturated carbocycles. The molecule has 1 aliphatic rings. The van der Waals surface area contributed by atoms with Crippen molar-refractivity contribution in [1.29, 1.82) is 0 Å². The molecular formula is C8H19N3. The third-order valence-electron chi connectivity index (χ3n) is 1.61. The van der Waals surface area contributed by atoms with Crippen LogP contribution in [0, 0.1) is 0 Å². The van der Waals surface area contributed by atoms with Gasteiger partial charge in [-0.1, -0.05) is 0 Å². The minimum atomic E-state index is 0.206. The highest BCUT2D eigenvalue weighted by Gasteiger charge is 2.15. The summed E-state index contributed by atoms with van der Waals surface area (Å²) in [6, 6.07) is 0. The van der Waals surface area contributed by atoms with Gasteiger partial charge in [0.2, 0.25) is 0 Å². The van der Waals surface area contributed by atoms with E-state index >= 15 is 0 Å². The molecule has 66 valence electrons. The Morgan fingerprint density at radius 2 is 1.73 bits per heavy atom. The molecule has 3 nitrogen and oxygen atoms in total. The smallest absolute Gasteiger partial charge is 0.0257 e. The van der Waals surface area contributed by atoms with Gasteiger partial charge in [-0.3, -0.25) is 0 Å². The zero-order chi connectivity index (χ0) is 8.32. The molecule has 0 radical (unpaired) electrons. The lowest BCUT2D eigenvalue weighted by molar-refractivity contribution is 0.111. The molecule has 0 aromatic carbocycles. The van der Waals surface area contributed by atoms with E-state index in [0.29, 0.717) is 0 Å². The van der Waals surface area contributed by atoms with E-state index in [1.807, 2.05) is 0 Å². The summed E-state index contributed by atoms with van der Waals surface area (Å²) in [6.45, 7) is 11.0. The van der Waals surface area contributed by atoms with Gasteiger partial charge < -0.3 is 5.32 Å². The average Bonchev–Trinajstić information content (AvgIpc) is 1.85. The molecule has 1 rings (SSSR count). The summed E-state index contributed by atoms with van der Waals surface area (Å²) >= 11 is 0. The molecule has 0 aromatic rings. The zero-order valence-electron chi connectivity index (χ0n) is 7.78. The van der Waals surface area contributed by atoms with Crippen molar-refractivity contribution in [1.82, 2.24) is 15.8 Å². The van der Waals surface area contributed by atoms with Gasteiger partial charge in [0.15, 0.2) is 0 Å². The highest BCUT2D eigenvalue weighted by molar-refractivity contribution is 4.72. The number of nitrogens with zero attached hydrogens (tertiary/aromatic N) is 1. The summed E-state index contributed by atoms with van der Waals surface area (Å²) in [7, 11) is 0. The van der Waals surface area contributed by atoms with Gasteiger partial charge in [0.25, 0.3) is 0 Å². The van der Waals surface area contributed by atoms with Gasteiger partial charge in [0.1, 0.15) is 0 Å². The standard InChI is InChI=1S/C8H19N3/c1-8(2,3)10-11-6-4-9-5-7-11/h9-10H,4-7H2,1-3H3. The fourth-order valence-electron chi connectivity index (χ4n) is 1.25. The lowest BCUT2D eigenvalue weighted by Crippen LogP contribution is -2.56. The number of hydrogen-bond donors (Lipinski definition) is 2. The predicted molar refractivity (Wildman–Crippen MR) is 47.3 cm³/mol. The van der Waals surface area contributed by atoms with E-state index in [4.69, 9.17) is 0 Å². The first-order valence-electron chi connectivity index (χ1n) is 4.31. The van der Waals surface area contributed by atoms with Crippen LogP contribution < -0.4 is 10.7 Å². The molecule has 3 heteroatoms. The molecule has 1 saturated heterocycles. The SMILES string of the molecule is CC(C)(C)NN1CCNCC1. The summed E-state index contributed by atoms with van der Waals surface area (Å²) in [6.07, 6.45) is 0. The lowest BCUT2D eigenvalue weighted by atomic mass is 10.1. The minimum absolute atomic E-state index is 0.206. The number of hydrogen-bond acceptors (Lipinski definition) is 3. The van der Waals surface area contributed by atoms with Crippen molar-refractivity contribution in [2.75, 3.05) is 26.2 Å². The molecule has 0 atom stereocenters. The molecule has 2 N–H and O–H groups in total. The van der Waals surface area contributed by atoms with E-state index in [1.54, 1.807) is 0 Å². The van der Waals surface area contributed by atoms with Gasteiger partial charge in [0, 0.05) is 31.7 Å². The van der Waals surface area contributed by atoms with Crippen molar-refractivity contribution in [2.24, 2.45) is 0 Å². The summed E-state index contributed by atoms with van der Waals surface area (Å²) in [5.41, 5.74) is 3.66. The summed E-state index contributed by atoms with van der Waals surface area (Å²) in [5.74, 6) is 0. The summed E-state index contributed by atoms with van der Waals surface area (Å²) in [4.78, 5) is 0. The monoisotopic (exact) mass is 157 g/mol. The quantitative estimate of drug-likeness (QED) is 0.569. The molecule has 0 amide bonds. The third-order valence-corrected chi connectivity index (χ3v) is 1.61. The molecule has 1 aliphatic heterocycles. The van der Waals surface area contributed by atoms with E-state index in [0.717, 1.165) is 26.2 Å². The van der Waals surface area contributed by atoms with Gasteiger partial charge >= 0.3 is 0 Å². The fourth-order valence-corrected chi connectivity index (χ4v) is 1.25. The molecular weight excluding hydrogens is 138 g/mol. The molecule has 11 heavy (non-hydrogen) atoms. The second-order valence-electron chi connectivity index (χ2n) is 4.10. The van der Waals surface area contributed by atoms with Crippen LogP contribution in [0.2, 0.25) is 0 Å². The van der Waals surface area contributed by atoms with Crippen LogP contribution in [0.25, 0.3) is 0 Å². The van der Waals surface area contributed by atoms with Crippen molar-refractivity contribution < 1.29 is 0 Å². The highest BCUT2D eigenvalue weighted by Crippen LogP contribution is 2.00. The van der Waals surface area contributed by atoms with Crippen molar-refractivity contribution in [3.8, 4) is 0 Å². The maximum atomic E-state index is 3.45. The Bertz CT molecular complexity index is 111. The van der Waals surface area contributed by atoms with Crippen molar-refractivity contribution in [2.45, 2.75) is 26.3 Å². The molecule has 0 aromatic heterocycles. The summed E-state index contributed by atoms with van der Waals surface area (Å²) in [5, 5.41) is 5.61. The van der Waals surface area contributed by atoms with Crippen molar-refractivity contribution in [3.05, 3.63) is 0 Å². The lowest BCUT2D eigenvalue weighted by Gasteiger charge is -2.34. The molecule has 0 aliphatic carbocycles. The zero-order valence-corrected chi connectivity index (χ0v) is 7.78. The minimum Gasteiger partial charge on any atom is -0.314 e. The maximum absolute atomic E-state index is 3.45. The van der Waals surface area contributed by atoms with Gasteiger partial charge in [-0.25, -0.2) is 10.4 Å². The predicted octanol–water partition coefficient (Wildman–Crippen LogP) is 0.195. The normalized spacial score (nSPS) is 22.1. The van der Waals surface area contributed by atoms with E-state index in [2.05, 4.69) is 36.5 Å². The second kappa shape index (κ2) is 3.52. The van der Waals surface area contributed by atoms with Crippen LogP contribution in [0.5, 0.6) is 0 Å². The van der Waals surface area contributed by atoms with Gasteiger partial charge in [-0.15, -0.1) is 0 Å². The Morgan fingerprint density at radius 1 is 1.18 bits per heavy atom. The molecule has 1 heterocycles. The first-order valence-corrected chi connectivity index (χ1v) is 4.31. The number of hydrazine groups is 1. The fraction of sp³-hybridized carbons (Fsp3) is 1.00. The van der Waals surface area contributed by atoms with Crippen molar-refractivity contribution in [3.63, 3.8) is 0 Å². The molecule has 0 spiro atoms. The first-order chi connectivity index (χ1) is 5.08. The van der Waals surface area contributed by atoms with Crippen LogP contribution in [-0.4, -0.2) is 36.7 Å². The Morgan fingerprint density at radius 3 is 2.18 bits per heavy atom. The Labute approximate surface area is 69.1 Å². The highest BCUT2D eigenvalue weighted by atomic mass is 15.5. The van der Waals surface area contributed by atoms with Gasteiger partial charge in [-0.2, -0.15) is 0 Å². The Balaban J connectivity index is 2.24. The van der Waals surface area contributed by atoms with Crippen LogP contribution in [0.4, 0.5) is 0 Å². The van der Waals surface area contributed by atoms with Crippen molar-refractivity contribution >= 4 is 0 Å². The molecule has 1 fully saturated rings. The van der Waals surface area contributed by atoms with Crippen LogP contribution in [0.1, 0.15) is 20.8 Å². The molecule has 0 bridgehead atoms. The molecule has 0 unspecified atom stereocenters. The second-order valence-corrected chi connectivity index (χ2v) is 4.10. The number of piperazine rings is 1. The average molecular weight is 157 g/mol. The topological polar surface area (TPSA) is 27.3 Å². The largest absolute Gasteiger partial charge is 0.314 e. The van der Waals surface area contributed by atoms with E-state index in [9.17, 15) is 0 Å². The van der Waals surface area contributed by atoms with E-state index in [-0.39, 0.29) is 5.54 Å². The van der Waals surface area contributed by atoms with Crippen LogP contribution in [0.15, 0.2) is 0 Å². The maximum Gasteiger partial charge on any atom is 0.0257 e. The first kappa shape index (κ1) is 8.97.